The summed E-state index contributed by atoms with van der Waals surface area (Å²) < 4.78 is 63.6. The SMILES string of the molecule is O=S(=O)(c1ccc(CCl)cc1)N1CCC(C(F)(F)F)CC1. The van der Waals surface area contributed by atoms with Crippen molar-refractivity contribution < 1.29 is 21.6 Å². The maximum atomic E-state index is 12.6. The summed E-state index contributed by atoms with van der Waals surface area (Å²) in [6, 6.07) is 6.07. The summed E-state index contributed by atoms with van der Waals surface area (Å²) in [4.78, 5) is 0.0850. The van der Waals surface area contributed by atoms with Gasteiger partial charge >= 0.3 is 6.18 Å². The van der Waals surface area contributed by atoms with Crippen LogP contribution in [-0.4, -0.2) is 32.0 Å². The first-order valence-electron chi connectivity index (χ1n) is 6.47. The summed E-state index contributed by atoms with van der Waals surface area (Å²) in [6.45, 7) is -0.215. The standard InChI is InChI=1S/C13H15ClF3NO2S/c14-9-10-1-3-12(4-2-10)21(19,20)18-7-5-11(6-8-18)13(15,16)17/h1-4,11H,5-9H2. The van der Waals surface area contributed by atoms with Gasteiger partial charge in [0.25, 0.3) is 0 Å². The summed E-state index contributed by atoms with van der Waals surface area (Å²) in [5, 5.41) is 0. The van der Waals surface area contributed by atoms with Crippen LogP contribution in [0.1, 0.15) is 18.4 Å². The molecule has 0 saturated carbocycles. The van der Waals surface area contributed by atoms with Crippen molar-refractivity contribution in [3.05, 3.63) is 29.8 Å². The number of nitrogens with zero attached hydrogens (tertiary/aromatic N) is 1. The van der Waals surface area contributed by atoms with Crippen molar-refractivity contribution in [2.75, 3.05) is 13.1 Å². The van der Waals surface area contributed by atoms with E-state index in [1.54, 1.807) is 12.1 Å². The molecule has 1 heterocycles. The third-order valence-corrected chi connectivity index (χ3v) is 5.85. The average molecular weight is 342 g/mol. The Morgan fingerprint density at radius 1 is 1.14 bits per heavy atom. The Morgan fingerprint density at radius 3 is 2.10 bits per heavy atom. The van der Waals surface area contributed by atoms with Crippen molar-refractivity contribution in [1.29, 1.82) is 0 Å². The molecule has 1 aromatic carbocycles. The zero-order chi connectivity index (χ0) is 15.7. The van der Waals surface area contributed by atoms with Gasteiger partial charge in [0.1, 0.15) is 0 Å². The highest BCUT2D eigenvalue weighted by Crippen LogP contribution is 2.35. The van der Waals surface area contributed by atoms with Gasteiger partial charge in [-0.15, -0.1) is 11.6 Å². The summed E-state index contributed by atoms with van der Waals surface area (Å²) in [5.74, 6) is -1.14. The maximum absolute atomic E-state index is 12.6. The van der Waals surface area contributed by atoms with Gasteiger partial charge in [-0.2, -0.15) is 17.5 Å². The van der Waals surface area contributed by atoms with Crippen LogP contribution >= 0.6 is 11.6 Å². The number of halogens is 4. The predicted octanol–water partition coefficient (Wildman–Crippen LogP) is 3.39. The summed E-state index contributed by atoms with van der Waals surface area (Å²) in [6.07, 6.45) is -4.64. The second-order valence-corrected chi connectivity index (χ2v) is 7.20. The van der Waals surface area contributed by atoms with E-state index < -0.39 is 22.1 Å². The molecule has 21 heavy (non-hydrogen) atoms. The van der Waals surface area contributed by atoms with Crippen molar-refractivity contribution in [3.63, 3.8) is 0 Å². The van der Waals surface area contributed by atoms with Crippen molar-refractivity contribution in [1.82, 2.24) is 4.31 Å². The fourth-order valence-corrected chi connectivity index (χ4v) is 3.97. The number of hydrogen-bond acceptors (Lipinski definition) is 2. The van der Waals surface area contributed by atoms with Crippen LogP contribution < -0.4 is 0 Å². The van der Waals surface area contributed by atoms with Crippen molar-refractivity contribution in [3.8, 4) is 0 Å². The predicted molar refractivity (Wildman–Crippen MR) is 73.5 cm³/mol. The van der Waals surface area contributed by atoms with Gasteiger partial charge in [-0.3, -0.25) is 0 Å². The average Bonchev–Trinajstić information content (AvgIpc) is 2.46. The molecule has 8 heteroatoms. The normalized spacial score (nSPS) is 18.9. The summed E-state index contributed by atoms with van der Waals surface area (Å²) >= 11 is 5.63. The molecular formula is C13H15ClF3NO2S. The molecule has 3 nitrogen and oxygen atoms in total. The zero-order valence-corrected chi connectivity index (χ0v) is 12.7. The van der Waals surface area contributed by atoms with Crippen LogP contribution in [-0.2, 0) is 15.9 Å². The van der Waals surface area contributed by atoms with Crippen LogP contribution in [0.15, 0.2) is 29.2 Å². The zero-order valence-electron chi connectivity index (χ0n) is 11.1. The number of sulfonamides is 1. The van der Waals surface area contributed by atoms with Gasteiger partial charge in [-0.1, -0.05) is 12.1 Å². The van der Waals surface area contributed by atoms with Gasteiger partial charge in [0.15, 0.2) is 0 Å². The largest absolute Gasteiger partial charge is 0.391 e. The quantitative estimate of drug-likeness (QED) is 0.790. The Hall–Kier alpha value is -0.790. The lowest BCUT2D eigenvalue weighted by Gasteiger charge is -2.32. The van der Waals surface area contributed by atoms with E-state index in [1.807, 2.05) is 0 Å². The van der Waals surface area contributed by atoms with Crippen molar-refractivity contribution in [2.24, 2.45) is 5.92 Å². The smallest absolute Gasteiger partial charge is 0.207 e. The minimum absolute atomic E-state index is 0.0850. The first-order chi connectivity index (χ1) is 9.75. The lowest BCUT2D eigenvalue weighted by molar-refractivity contribution is -0.182. The van der Waals surface area contributed by atoms with E-state index in [4.69, 9.17) is 11.6 Å². The Balaban J connectivity index is 2.11. The fourth-order valence-electron chi connectivity index (χ4n) is 2.32. The van der Waals surface area contributed by atoms with Crippen LogP contribution in [0.25, 0.3) is 0 Å². The number of alkyl halides is 4. The first-order valence-corrected chi connectivity index (χ1v) is 8.44. The molecule has 0 amide bonds. The Morgan fingerprint density at radius 2 is 1.67 bits per heavy atom. The van der Waals surface area contributed by atoms with Gasteiger partial charge in [-0.25, -0.2) is 8.42 Å². The maximum Gasteiger partial charge on any atom is 0.391 e. The third kappa shape index (κ3) is 3.70. The van der Waals surface area contributed by atoms with Crippen molar-refractivity contribution >= 4 is 21.6 Å². The first kappa shape index (κ1) is 16.6. The van der Waals surface area contributed by atoms with Gasteiger partial charge in [0, 0.05) is 19.0 Å². The van der Waals surface area contributed by atoms with E-state index in [1.165, 1.54) is 12.1 Å². The highest BCUT2D eigenvalue weighted by molar-refractivity contribution is 7.89. The topological polar surface area (TPSA) is 37.4 Å². The minimum atomic E-state index is -4.25. The monoisotopic (exact) mass is 341 g/mol. The lowest BCUT2D eigenvalue weighted by Crippen LogP contribution is -2.42. The van der Waals surface area contributed by atoms with Crippen LogP contribution in [0.4, 0.5) is 13.2 Å². The number of piperidine rings is 1. The van der Waals surface area contributed by atoms with Crippen LogP contribution in [0.5, 0.6) is 0 Å². The Bertz CT molecular complexity index is 578. The van der Waals surface area contributed by atoms with Gasteiger partial charge in [0.05, 0.1) is 10.8 Å². The van der Waals surface area contributed by atoms with Crippen LogP contribution in [0.3, 0.4) is 0 Å². The molecule has 118 valence electrons. The molecule has 0 radical (unpaired) electrons. The van der Waals surface area contributed by atoms with E-state index in [2.05, 4.69) is 0 Å². The second kappa shape index (κ2) is 6.14. The van der Waals surface area contributed by atoms with Crippen molar-refractivity contribution in [2.45, 2.75) is 29.8 Å². The molecule has 0 aliphatic carbocycles. The highest BCUT2D eigenvalue weighted by Gasteiger charge is 2.42. The Kier molecular flexibility index (Phi) is 4.85. The van der Waals surface area contributed by atoms with Crippen LogP contribution in [0.2, 0.25) is 0 Å². The molecule has 0 N–H and O–H groups in total. The molecule has 0 spiro atoms. The molecule has 0 unspecified atom stereocenters. The fraction of sp³-hybridized carbons (Fsp3) is 0.538. The molecule has 1 aliphatic rings. The molecule has 1 aliphatic heterocycles. The van der Waals surface area contributed by atoms with E-state index in [0.717, 1.165) is 9.87 Å². The minimum Gasteiger partial charge on any atom is -0.207 e. The lowest BCUT2D eigenvalue weighted by atomic mass is 9.98. The van der Waals surface area contributed by atoms with E-state index in [0.29, 0.717) is 0 Å². The van der Waals surface area contributed by atoms with E-state index in [-0.39, 0.29) is 36.7 Å². The number of benzene rings is 1. The second-order valence-electron chi connectivity index (χ2n) is 5.00. The molecule has 0 atom stereocenters. The van der Waals surface area contributed by atoms with Gasteiger partial charge in [0.2, 0.25) is 10.0 Å². The molecule has 2 rings (SSSR count). The number of hydrogen-bond donors (Lipinski definition) is 0. The number of rotatable bonds is 3. The van der Waals surface area contributed by atoms with Crippen LogP contribution in [0, 0.1) is 5.92 Å². The van der Waals surface area contributed by atoms with Gasteiger partial charge in [-0.05, 0) is 30.5 Å². The summed E-state index contributed by atoms with van der Waals surface area (Å²) in [5.41, 5.74) is 0.784. The molecule has 1 saturated heterocycles. The highest BCUT2D eigenvalue weighted by atomic mass is 35.5. The van der Waals surface area contributed by atoms with E-state index in [9.17, 15) is 21.6 Å². The Labute approximate surface area is 126 Å². The third-order valence-electron chi connectivity index (χ3n) is 3.63. The van der Waals surface area contributed by atoms with Gasteiger partial charge < -0.3 is 0 Å². The molecular weight excluding hydrogens is 327 g/mol. The molecule has 1 aromatic rings. The molecule has 0 bridgehead atoms. The van der Waals surface area contributed by atoms with E-state index >= 15 is 0 Å². The molecule has 0 aromatic heterocycles. The molecule has 1 fully saturated rings. The summed E-state index contributed by atoms with van der Waals surface area (Å²) in [7, 11) is -3.73.